The van der Waals surface area contributed by atoms with E-state index >= 15 is 0 Å². The predicted molar refractivity (Wildman–Crippen MR) is 88.5 cm³/mol. The highest BCUT2D eigenvalue weighted by molar-refractivity contribution is 5.95. The fourth-order valence-corrected chi connectivity index (χ4v) is 2.07. The number of anilines is 1. The predicted octanol–water partition coefficient (Wildman–Crippen LogP) is 1.15. The normalized spacial score (nSPS) is 9.88. The van der Waals surface area contributed by atoms with Crippen molar-refractivity contribution in [3.05, 3.63) is 47.3 Å². The first-order valence-corrected chi connectivity index (χ1v) is 7.33. The third-order valence-electron chi connectivity index (χ3n) is 3.23. The maximum absolute atomic E-state index is 12.0. The van der Waals surface area contributed by atoms with Crippen LogP contribution in [0.3, 0.4) is 0 Å². The zero-order chi connectivity index (χ0) is 17.5. The Morgan fingerprint density at radius 2 is 1.88 bits per heavy atom. The van der Waals surface area contributed by atoms with Gasteiger partial charge in [0, 0.05) is 32.0 Å². The number of nitrogens with zero attached hydrogens (tertiary/aromatic N) is 3. The van der Waals surface area contributed by atoms with E-state index in [2.05, 4.69) is 21.0 Å². The smallest absolute Gasteiger partial charge is 0.319 e. The van der Waals surface area contributed by atoms with Crippen molar-refractivity contribution < 1.29 is 9.59 Å². The summed E-state index contributed by atoms with van der Waals surface area (Å²) in [4.78, 5) is 23.7. The lowest BCUT2D eigenvalue weighted by atomic mass is 10.2. The molecular formula is C16H18N6O2. The molecule has 8 nitrogen and oxygen atoms in total. The zero-order valence-electron chi connectivity index (χ0n) is 13.5. The van der Waals surface area contributed by atoms with Crippen LogP contribution in [0.5, 0.6) is 0 Å². The van der Waals surface area contributed by atoms with Crippen LogP contribution in [0.25, 0.3) is 0 Å². The van der Waals surface area contributed by atoms with Crippen molar-refractivity contribution in [2.75, 3.05) is 18.4 Å². The summed E-state index contributed by atoms with van der Waals surface area (Å²) < 4.78 is 1.58. The Hall–Kier alpha value is -3.34. The lowest BCUT2D eigenvalue weighted by molar-refractivity contribution is 0.0953. The molecule has 0 aliphatic carbocycles. The molecule has 0 aliphatic rings. The largest absolute Gasteiger partial charge is 0.350 e. The highest BCUT2D eigenvalue weighted by atomic mass is 16.2. The SMILES string of the molecule is Cc1nn(C)cc1C(=O)NCCNC(=O)Nc1ccc(C#N)cc1. The van der Waals surface area contributed by atoms with Crippen molar-refractivity contribution in [2.45, 2.75) is 6.92 Å². The first kappa shape index (κ1) is 17.0. The first-order valence-electron chi connectivity index (χ1n) is 7.33. The Morgan fingerprint density at radius 1 is 1.21 bits per heavy atom. The molecule has 1 aromatic carbocycles. The minimum atomic E-state index is -0.383. The van der Waals surface area contributed by atoms with E-state index in [-0.39, 0.29) is 18.5 Å². The van der Waals surface area contributed by atoms with Crippen LogP contribution in [-0.4, -0.2) is 34.8 Å². The number of hydrogen-bond donors (Lipinski definition) is 3. The second-order valence-electron chi connectivity index (χ2n) is 5.13. The van der Waals surface area contributed by atoms with Gasteiger partial charge in [0.15, 0.2) is 0 Å². The van der Waals surface area contributed by atoms with Crippen LogP contribution in [0.1, 0.15) is 21.6 Å². The number of rotatable bonds is 5. The molecule has 0 fully saturated rings. The summed E-state index contributed by atoms with van der Waals surface area (Å²) in [5.41, 5.74) is 2.27. The Kier molecular flexibility index (Phi) is 5.52. The standard InChI is InChI=1S/C16H18N6O2/c1-11-14(10-22(2)21-11)15(23)18-7-8-19-16(24)20-13-5-3-12(9-17)4-6-13/h3-6,10H,7-8H2,1-2H3,(H,18,23)(H2,19,20,24). The van der Waals surface area contributed by atoms with Crippen molar-refractivity contribution in [3.63, 3.8) is 0 Å². The fourth-order valence-electron chi connectivity index (χ4n) is 2.07. The highest BCUT2D eigenvalue weighted by Gasteiger charge is 2.11. The van der Waals surface area contributed by atoms with Crippen molar-refractivity contribution in [2.24, 2.45) is 7.05 Å². The molecule has 0 bridgehead atoms. The number of amides is 3. The number of aromatic nitrogens is 2. The molecule has 0 unspecified atom stereocenters. The quantitative estimate of drug-likeness (QED) is 0.716. The van der Waals surface area contributed by atoms with Crippen LogP contribution >= 0.6 is 0 Å². The summed E-state index contributed by atoms with van der Waals surface area (Å²) in [7, 11) is 1.75. The van der Waals surface area contributed by atoms with Crippen LogP contribution in [0.15, 0.2) is 30.5 Å². The average Bonchev–Trinajstić information content (AvgIpc) is 2.90. The maximum Gasteiger partial charge on any atom is 0.319 e. The number of nitrogens with one attached hydrogen (secondary N) is 3. The summed E-state index contributed by atoms with van der Waals surface area (Å²) in [5, 5.41) is 20.8. The summed E-state index contributed by atoms with van der Waals surface area (Å²) in [6.45, 7) is 2.35. The van der Waals surface area contributed by atoms with Gasteiger partial charge in [-0.15, -0.1) is 0 Å². The third-order valence-corrected chi connectivity index (χ3v) is 3.23. The van der Waals surface area contributed by atoms with Gasteiger partial charge in [-0.25, -0.2) is 4.79 Å². The van der Waals surface area contributed by atoms with E-state index in [1.165, 1.54) is 0 Å². The number of carbonyl (C=O) groups is 2. The molecule has 0 saturated carbocycles. The van der Waals surface area contributed by atoms with Gasteiger partial charge in [0.1, 0.15) is 0 Å². The van der Waals surface area contributed by atoms with E-state index in [1.54, 1.807) is 49.1 Å². The summed E-state index contributed by atoms with van der Waals surface area (Å²) >= 11 is 0. The van der Waals surface area contributed by atoms with E-state index in [1.807, 2.05) is 6.07 Å². The Morgan fingerprint density at radius 3 is 2.46 bits per heavy atom. The molecule has 3 N–H and O–H groups in total. The zero-order valence-corrected chi connectivity index (χ0v) is 13.5. The van der Waals surface area contributed by atoms with E-state index in [9.17, 15) is 9.59 Å². The van der Waals surface area contributed by atoms with E-state index in [0.717, 1.165) is 0 Å². The average molecular weight is 326 g/mol. The molecule has 8 heteroatoms. The van der Waals surface area contributed by atoms with Crippen molar-refractivity contribution >= 4 is 17.6 Å². The number of benzene rings is 1. The minimum absolute atomic E-state index is 0.227. The fraction of sp³-hybridized carbons (Fsp3) is 0.250. The van der Waals surface area contributed by atoms with Gasteiger partial charge in [-0.1, -0.05) is 0 Å². The van der Waals surface area contributed by atoms with Gasteiger partial charge in [-0.05, 0) is 31.2 Å². The highest BCUT2D eigenvalue weighted by Crippen LogP contribution is 2.08. The second kappa shape index (κ2) is 7.78. The summed E-state index contributed by atoms with van der Waals surface area (Å²) in [6.07, 6.45) is 1.65. The van der Waals surface area contributed by atoms with Crippen molar-refractivity contribution in [1.82, 2.24) is 20.4 Å². The van der Waals surface area contributed by atoms with Gasteiger partial charge in [-0.3, -0.25) is 9.48 Å². The third kappa shape index (κ3) is 4.58. The number of hydrogen-bond acceptors (Lipinski definition) is 4. The van der Waals surface area contributed by atoms with E-state index in [4.69, 9.17) is 5.26 Å². The van der Waals surface area contributed by atoms with Crippen LogP contribution in [0.2, 0.25) is 0 Å². The number of carbonyl (C=O) groups excluding carboxylic acids is 2. The molecule has 2 aromatic rings. The Bertz CT molecular complexity index is 773. The molecule has 2 rings (SSSR count). The van der Waals surface area contributed by atoms with Gasteiger partial charge in [-0.2, -0.15) is 10.4 Å². The van der Waals surface area contributed by atoms with Gasteiger partial charge < -0.3 is 16.0 Å². The first-order chi connectivity index (χ1) is 11.5. The van der Waals surface area contributed by atoms with Crippen LogP contribution in [0.4, 0.5) is 10.5 Å². The minimum Gasteiger partial charge on any atom is -0.350 e. The van der Waals surface area contributed by atoms with Gasteiger partial charge >= 0.3 is 6.03 Å². The number of urea groups is 1. The monoisotopic (exact) mass is 326 g/mol. The maximum atomic E-state index is 12.0. The molecule has 0 spiro atoms. The van der Waals surface area contributed by atoms with Crippen LogP contribution < -0.4 is 16.0 Å². The molecule has 1 heterocycles. The molecular weight excluding hydrogens is 308 g/mol. The molecule has 0 aliphatic heterocycles. The van der Waals surface area contributed by atoms with Crippen molar-refractivity contribution in [1.29, 1.82) is 5.26 Å². The molecule has 0 saturated heterocycles. The Balaban J connectivity index is 1.71. The number of nitriles is 1. The van der Waals surface area contributed by atoms with Crippen LogP contribution in [0, 0.1) is 18.3 Å². The summed E-state index contributed by atoms with van der Waals surface area (Å²) in [6, 6.07) is 8.14. The molecule has 0 atom stereocenters. The van der Waals surface area contributed by atoms with E-state index in [0.29, 0.717) is 29.1 Å². The molecule has 1 aromatic heterocycles. The topological polar surface area (TPSA) is 112 Å². The van der Waals surface area contributed by atoms with Gasteiger partial charge in [0.05, 0.1) is 22.9 Å². The number of aryl methyl sites for hydroxylation is 2. The summed E-state index contributed by atoms with van der Waals surface area (Å²) in [5.74, 6) is -0.227. The lowest BCUT2D eigenvalue weighted by Gasteiger charge is -2.08. The van der Waals surface area contributed by atoms with Crippen LogP contribution in [-0.2, 0) is 7.05 Å². The Labute approximate surface area is 139 Å². The lowest BCUT2D eigenvalue weighted by Crippen LogP contribution is -2.36. The van der Waals surface area contributed by atoms with Gasteiger partial charge in [0.2, 0.25) is 0 Å². The van der Waals surface area contributed by atoms with Gasteiger partial charge in [0.25, 0.3) is 5.91 Å². The molecule has 0 radical (unpaired) electrons. The van der Waals surface area contributed by atoms with E-state index < -0.39 is 0 Å². The molecule has 124 valence electrons. The molecule has 24 heavy (non-hydrogen) atoms. The second-order valence-corrected chi connectivity index (χ2v) is 5.13. The van der Waals surface area contributed by atoms with Crippen molar-refractivity contribution in [3.8, 4) is 6.07 Å². The molecule has 3 amide bonds.